The number of anilines is 1. The topological polar surface area (TPSA) is 68.7 Å². The Kier molecular flexibility index (Phi) is 4.43. The molecule has 0 bridgehead atoms. The Labute approximate surface area is 180 Å². The number of para-hydroxylation sites is 2. The number of fused-ring (bicyclic) bond motifs is 3. The zero-order valence-corrected chi connectivity index (χ0v) is 17.6. The van der Waals surface area contributed by atoms with Gasteiger partial charge in [-0.2, -0.15) is 0 Å². The molecule has 31 heavy (non-hydrogen) atoms. The average Bonchev–Trinajstić information content (AvgIpc) is 3.34. The molecular formula is C23H23N5O3. The number of amides is 3. The van der Waals surface area contributed by atoms with Crippen LogP contribution >= 0.6 is 0 Å². The van der Waals surface area contributed by atoms with Crippen molar-refractivity contribution in [3.05, 3.63) is 66.4 Å². The van der Waals surface area contributed by atoms with Crippen LogP contribution < -0.4 is 9.64 Å². The third-order valence-electron chi connectivity index (χ3n) is 5.81. The lowest BCUT2D eigenvalue weighted by Gasteiger charge is -2.38. The number of hydrogen-bond acceptors (Lipinski definition) is 6. The van der Waals surface area contributed by atoms with E-state index in [1.807, 2.05) is 77.5 Å². The maximum Gasteiger partial charge on any atom is 0.328 e. The number of urea groups is 1. The van der Waals surface area contributed by atoms with Crippen LogP contribution in [0.1, 0.15) is 12.5 Å². The first-order chi connectivity index (χ1) is 15.0. The summed E-state index contributed by atoms with van der Waals surface area (Å²) in [7, 11) is 3.19. The smallest absolute Gasteiger partial charge is 0.328 e. The van der Waals surface area contributed by atoms with Gasteiger partial charge in [0.2, 0.25) is 5.96 Å². The maximum absolute atomic E-state index is 13.1. The first-order valence-electron chi connectivity index (χ1n) is 10.2. The van der Waals surface area contributed by atoms with Crippen molar-refractivity contribution in [2.24, 2.45) is 4.99 Å². The Balaban J connectivity index is 1.67. The summed E-state index contributed by atoms with van der Waals surface area (Å²) >= 11 is 0. The third-order valence-corrected chi connectivity index (χ3v) is 5.81. The van der Waals surface area contributed by atoms with Crippen molar-refractivity contribution >= 4 is 29.3 Å². The highest BCUT2D eigenvalue weighted by Crippen LogP contribution is 2.42. The minimum absolute atomic E-state index is 0.268. The number of likely N-dealkylation sites (N-methyl/N-ethyl adjacent to an activating group) is 2. The van der Waals surface area contributed by atoms with Gasteiger partial charge in [0.25, 0.3) is 5.91 Å². The first-order valence-corrected chi connectivity index (χ1v) is 10.2. The number of carbonyl (C=O) groups excluding carboxylic acids is 2. The molecule has 5 rings (SSSR count). The highest BCUT2D eigenvalue weighted by molar-refractivity contribution is 6.16. The van der Waals surface area contributed by atoms with E-state index in [-0.39, 0.29) is 11.9 Å². The fourth-order valence-corrected chi connectivity index (χ4v) is 4.29. The van der Waals surface area contributed by atoms with E-state index >= 15 is 0 Å². The molecule has 3 aliphatic heterocycles. The lowest BCUT2D eigenvalue weighted by atomic mass is 10.1. The standard InChI is InChI=1S/C23H23N5O3/c1-4-31-18-13-9-8-12-16(18)28-17(15-10-6-5-7-11-15)14-27-19-20(24-22(27)28)25(2)23(30)26(3)21(19)29/h5-14,19-20H,4H2,1-3H3. The van der Waals surface area contributed by atoms with E-state index in [0.717, 1.165) is 27.6 Å². The molecule has 2 aromatic rings. The van der Waals surface area contributed by atoms with E-state index in [9.17, 15) is 9.59 Å². The Morgan fingerprint density at radius 3 is 2.45 bits per heavy atom. The van der Waals surface area contributed by atoms with Crippen molar-refractivity contribution < 1.29 is 14.3 Å². The van der Waals surface area contributed by atoms with Crippen LogP contribution in [0.15, 0.2) is 65.8 Å². The second kappa shape index (κ2) is 7.16. The summed E-state index contributed by atoms with van der Waals surface area (Å²) in [6.45, 7) is 2.47. The molecule has 0 aromatic heterocycles. The van der Waals surface area contributed by atoms with E-state index in [1.165, 1.54) is 11.9 Å². The summed E-state index contributed by atoms with van der Waals surface area (Å²) < 4.78 is 5.90. The van der Waals surface area contributed by atoms with Gasteiger partial charge in [-0.3, -0.25) is 19.5 Å². The number of benzene rings is 2. The van der Waals surface area contributed by atoms with Gasteiger partial charge >= 0.3 is 6.03 Å². The number of carbonyl (C=O) groups is 2. The van der Waals surface area contributed by atoms with Gasteiger partial charge in [0.15, 0.2) is 12.2 Å². The molecule has 0 saturated carbocycles. The van der Waals surface area contributed by atoms with Gasteiger partial charge in [-0.25, -0.2) is 9.79 Å². The van der Waals surface area contributed by atoms with Gasteiger partial charge in [0, 0.05) is 25.9 Å². The minimum atomic E-state index is -0.606. The van der Waals surface area contributed by atoms with Gasteiger partial charge in [0.1, 0.15) is 5.75 Å². The lowest BCUT2D eigenvalue weighted by molar-refractivity contribution is -0.135. The number of imide groups is 1. The average molecular weight is 417 g/mol. The molecule has 0 spiro atoms. The Hall–Kier alpha value is -3.81. The summed E-state index contributed by atoms with van der Waals surface area (Å²) in [4.78, 5) is 36.9. The highest BCUT2D eigenvalue weighted by atomic mass is 16.5. The molecule has 3 amide bonds. The summed E-state index contributed by atoms with van der Waals surface area (Å²) in [5.74, 6) is 1.05. The molecule has 2 unspecified atom stereocenters. The van der Waals surface area contributed by atoms with Crippen molar-refractivity contribution in [1.82, 2.24) is 14.7 Å². The number of nitrogens with zero attached hydrogens (tertiary/aromatic N) is 5. The largest absolute Gasteiger partial charge is 0.492 e. The van der Waals surface area contributed by atoms with Crippen LogP contribution in [0.4, 0.5) is 10.5 Å². The van der Waals surface area contributed by atoms with Crippen LogP contribution in [0.2, 0.25) is 0 Å². The highest BCUT2D eigenvalue weighted by Gasteiger charge is 2.54. The Morgan fingerprint density at radius 2 is 1.71 bits per heavy atom. The van der Waals surface area contributed by atoms with Gasteiger partial charge in [-0.05, 0) is 19.1 Å². The molecular weight excluding hydrogens is 394 g/mol. The first kappa shape index (κ1) is 19.2. The van der Waals surface area contributed by atoms with E-state index in [4.69, 9.17) is 9.73 Å². The van der Waals surface area contributed by atoms with Crippen molar-refractivity contribution in [2.75, 3.05) is 25.6 Å². The molecule has 3 aliphatic rings. The summed E-state index contributed by atoms with van der Waals surface area (Å²) in [5.41, 5.74) is 2.71. The molecule has 3 heterocycles. The van der Waals surface area contributed by atoms with Crippen molar-refractivity contribution in [1.29, 1.82) is 0 Å². The SMILES string of the molecule is CCOc1ccccc1N1C(c2ccccc2)=CN2C1=NC1C2C(=O)N(C)C(=O)N1C. The molecule has 2 aromatic carbocycles. The molecule has 1 fully saturated rings. The zero-order valence-electron chi connectivity index (χ0n) is 17.6. The monoisotopic (exact) mass is 417 g/mol. The predicted molar refractivity (Wildman–Crippen MR) is 117 cm³/mol. The van der Waals surface area contributed by atoms with Crippen LogP contribution in [0.5, 0.6) is 5.75 Å². The quantitative estimate of drug-likeness (QED) is 0.765. The molecule has 1 saturated heterocycles. The van der Waals surface area contributed by atoms with E-state index in [0.29, 0.717) is 12.6 Å². The van der Waals surface area contributed by atoms with Gasteiger partial charge in [-0.1, -0.05) is 42.5 Å². The fourth-order valence-electron chi connectivity index (χ4n) is 4.29. The van der Waals surface area contributed by atoms with Crippen molar-refractivity contribution in [2.45, 2.75) is 19.1 Å². The summed E-state index contributed by atoms with van der Waals surface area (Å²) in [6.07, 6.45) is 1.36. The Bertz CT molecular complexity index is 1110. The fraction of sp³-hybridized carbons (Fsp3) is 0.261. The van der Waals surface area contributed by atoms with Crippen LogP contribution in [-0.2, 0) is 4.79 Å². The van der Waals surface area contributed by atoms with Gasteiger partial charge in [-0.15, -0.1) is 0 Å². The molecule has 158 valence electrons. The van der Waals surface area contributed by atoms with Crippen LogP contribution in [0.3, 0.4) is 0 Å². The zero-order chi connectivity index (χ0) is 21.7. The van der Waals surface area contributed by atoms with Crippen LogP contribution in [0, 0.1) is 0 Å². The number of aliphatic imine (C=N–C) groups is 1. The van der Waals surface area contributed by atoms with E-state index in [2.05, 4.69) is 0 Å². The van der Waals surface area contributed by atoms with Crippen molar-refractivity contribution in [3.8, 4) is 5.75 Å². The number of ether oxygens (including phenoxy) is 1. The molecule has 8 heteroatoms. The summed E-state index contributed by atoms with van der Waals surface area (Å²) in [6, 6.07) is 16.8. The third kappa shape index (κ3) is 2.78. The van der Waals surface area contributed by atoms with Crippen molar-refractivity contribution in [3.63, 3.8) is 0 Å². The minimum Gasteiger partial charge on any atom is -0.492 e. The summed E-state index contributed by atoms with van der Waals surface area (Å²) in [5, 5.41) is 0. The van der Waals surface area contributed by atoms with Crippen LogP contribution in [-0.4, -0.2) is 65.5 Å². The van der Waals surface area contributed by atoms with E-state index in [1.54, 1.807) is 7.05 Å². The van der Waals surface area contributed by atoms with Gasteiger partial charge < -0.3 is 9.64 Å². The number of hydrogen-bond donors (Lipinski definition) is 0. The molecule has 2 atom stereocenters. The number of guanidine groups is 1. The molecule has 8 nitrogen and oxygen atoms in total. The Morgan fingerprint density at radius 1 is 1.00 bits per heavy atom. The number of rotatable bonds is 4. The molecule has 0 aliphatic carbocycles. The molecule has 0 N–H and O–H groups in total. The predicted octanol–water partition coefficient (Wildman–Crippen LogP) is 2.79. The maximum atomic E-state index is 13.1. The second-order valence-corrected chi connectivity index (χ2v) is 7.60. The van der Waals surface area contributed by atoms with Gasteiger partial charge in [0.05, 0.1) is 18.0 Å². The molecule has 0 radical (unpaired) electrons. The normalized spacial score (nSPS) is 22.4. The lowest BCUT2D eigenvalue weighted by Crippen LogP contribution is -2.63. The van der Waals surface area contributed by atoms with E-state index < -0.39 is 12.2 Å². The second-order valence-electron chi connectivity index (χ2n) is 7.60. The van der Waals surface area contributed by atoms with Crippen LogP contribution in [0.25, 0.3) is 5.70 Å².